The van der Waals surface area contributed by atoms with Crippen molar-refractivity contribution in [3.8, 4) is 0 Å². The number of alkyl halides is 3. The molecule has 0 aromatic heterocycles. The summed E-state index contributed by atoms with van der Waals surface area (Å²) >= 11 is 1.92. The number of benzene rings is 1. The first-order valence-corrected chi connectivity index (χ1v) is 5.29. The van der Waals surface area contributed by atoms with E-state index in [0.717, 1.165) is 6.92 Å². The molecule has 5 heteroatoms. The fourth-order valence-electron chi connectivity index (χ4n) is 1.18. The molecule has 1 atom stereocenters. The van der Waals surface area contributed by atoms with Crippen molar-refractivity contribution in [2.24, 2.45) is 0 Å². The maximum atomic E-state index is 12.5. The number of rotatable bonds is 1. The standard InChI is InChI=1S/C10H10F3IO/c1-6-3-7(5-8(14)4-6)9(2,15)10(11,12)13/h3-5,15H,1-2H3. The van der Waals surface area contributed by atoms with Gasteiger partial charge in [0.05, 0.1) is 0 Å². The molecule has 0 aliphatic heterocycles. The monoisotopic (exact) mass is 330 g/mol. The van der Waals surface area contributed by atoms with Gasteiger partial charge in [-0.25, -0.2) is 0 Å². The highest BCUT2D eigenvalue weighted by atomic mass is 127. The predicted octanol–water partition coefficient (Wildman–Crippen LogP) is 3.37. The van der Waals surface area contributed by atoms with E-state index in [1.165, 1.54) is 12.1 Å². The third-order valence-electron chi connectivity index (χ3n) is 2.16. The van der Waals surface area contributed by atoms with Crippen LogP contribution in [-0.4, -0.2) is 11.3 Å². The lowest BCUT2D eigenvalue weighted by atomic mass is 9.94. The van der Waals surface area contributed by atoms with Gasteiger partial charge in [-0.3, -0.25) is 0 Å². The molecule has 1 nitrogen and oxygen atoms in total. The van der Waals surface area contributed by atoms with Crippen LogP contribution in [0.1, 0.15) is 18.1 Å². The van der Waals surface area contributed by atoms with Gasteiger partial charge in [0.1, 0.15) is 0 Å². The van der Waals surface area contributed by atoms with E-state index in [2.05, 4.69) is 0 Å². The molecule has 1 aromatic carbocycles. The van der Waals surface area contributed by atoms with Crippen LogP contribution in [0, 0.1) is 10.5 Å². The fourth-order valence-corrected chi connectivity index (χ4v) is 2.01. The molecule has 0 bridgehead atoms. The number of aliphatic hydroxyl groups is 1. The van der Waals surface area contributed by atoms with Crippen LogP contribution in [0.3, 0.4) is 0 Å². The molecular weight excluding hydrogens is 320 g/mol. The topological polar surface area (TPSA) is 20.2 Å². The zero-order valence-electron chi connectivity index (χ0n) is 8.19. The maximum absolute atomic E-state index is 12.5. The van der Waals surface area contributed by atoms with E-state index in [4.69, 9.17) is 0 Å². The molecule has 0 amide bonds. The largest absolute Gasteiger partial charge is 0.421 e. The highest BCUT2D eigenvalue weighted by Crippen LogP contribution is 2.39. The Morgan fingerprint density at radius 2 is 1.73 bits per heavy atom. The molecule has 1 unspecified atom stereocenters. The Bertz CT molecular complexity index is 351. The summed E-state index contributed by atoms with van der Waals surface area (Å²) in [6, 6.07) is 4.42. The molecule has 0 fully saturated rings. The van der Waals surface area contributed by atoms with E-state index in [1.807, 2.05) is 22.6 Å². The number of hydrogen-bond donors (Lipinski definition) is 1. The van der Waals surface area contributed by atoms with Gasteiger partial charge in [-0.05, 0) is 59.7 Å². The molecule has 1 aromatic rings. The summed E-state index contributed by atoms with van der Waals surface area (Å²) in [5, 5.41) is 9.44. The number of halogens is 4. The summed E-state index contributed by atoms with van der Waals surface area (Å²) in [5.74, 6) is 0. The summed E-state index contributed by atoms with van der Waals surface area (Å²) in [5.41, 5.74) is -2.22. The zero-order chi connectivity index (χ0) is 11.9. The molecule has 0 heterocycles. The Kier molecular flexibility index (Phi) is 3.35. The number of hydrogen-bond acceptors (Lipinski definition) is 1. The molecule has 15 heavy (non-hydrogen) atoms. The van der Waals surface area contributed by atoms with Crippen LogP contribution < -0.4 is 0 Å². The quantitative estimate of drug-likeness (QED) is 0.783. The Morgan fingerprint density at radius 3 is 2.13 bits per heavy atom. The molecule has 0 aliphatic carbocycles. The molecule has 0 radical (unpaired) electrons. The highest BCUT2D eigenvalue weighted by Gasteiger charge is 2.51. The third-order valence-corrected chi connectivity index (χ3v) is 2.78. The average molecular weight is 330 g/mol. The minimum atomic E-state index is -4.66. The first-order chi connectivity index (χ1) is 6.64. The van der Waals surface area contributed by atoms with E-state index in [1.54, 1.807) is 13.0 Å². The second-order valence-electron chi connectivity index (χ2n) is 3.59. The average Bonchev–Trinajstić information content (AvgIpc) is 1.99. The van der Waals surface area contributed by atoms with Gasteiger partial charge in [-0.1, -0.05) is 6.07 Å². The van der Waals surface area contributed by atoms with Gasteiger partial charge in [0.25, 0.3) is 0 Å². The van der Waals surface area contributed by atoms with Gasteiger partial charge >= 0.3 is 6.18 Å². The van der Waals surface area contributed by atoms with Crippen molar-refractivity contribution in [2.75, 3.05) is 0 Å². The van der Waals surface area contributed by atoms with Crippen LogP contribution in [0.5, 0.6) is 0 Å². The fraction of sp³-hybridized carbons (Fsp3) is 0.400. The molecule has 0 saturated carbocycles. The van der Waals surface area contributed by atoms with Crippen LogP contribution in [0.25, 0.3) is 0 Å². The first-order valence-electron chi connectivity index (χ1n) is 4.21. The van der Waals surface area contributed by atoms with Gasteiger partial charge < -0.3 is 5.11 Å². The molecule has 0 spiro atoms. The second-order valence-corrected chi connectivity index (χ2v) is 4.83. The summed E-state index contributed by atoms with van der Waals surface area (Å²) in [4.78, 5) is 0. The van der Waals surface area contributed by atoms with Crippen molar-refractivity contribution in [1.29, 1.82) is 0 Å². The predicted molar refractivity (Wildman–Crippen MR) is 59.5 cm³/mol. The Hall–Kier alpha value is -0.300. The van der Waals surface area contributed by atoms with Crippen molar-refractivity contribution in [1.82, 2.24) is 0 Å². The maximum Gasteiger partial charge on any atom is 0.421 e. The van der Waals surface area contributed by atoms with Crippen LogP contribution in [0.2, 0.25) is 0 Å². The van der Waals surface area contributed by atoms with E-state index in [0.29, 0.717) is 9.13 Å². The van der Waals surface area contributed by atoms with Crippen molar-refractivity contribution in [3.63, 3.8) is 0 Å². The minimum Gasteiger partial charge on any atom is -0.376 e. The van der Waals surface area contributed by atoms with Crippen LogP contribution in [0.15, 0.2) is 18.2 Å². The second kappa shape index (κ2) is 3.93. The van der Waals surface area contributed by atoms with E-state index < -0.39 is 11.8 Å². The summed E-state index contributed by atoms with van der Waals surface area (Å²) in [7, 11) is 0. The van der Waals surface area contributed by atoms with Crippen LogP contribution in [-0.2, 0) is 5.60 Å². The normalized spacial score (nSPS) is 16.2. The highest BCUT2D eigenvalue weighted by molar-refractivity contribution is 14.1. The smallest absolute Gasteiger partial charge is 0.376 e. The third kappa shape index (κ3) is 2.63. The van der Waals surface area contributed by atoms with Crippen molar-refractivity contribution >= 4 is 22.6 Å². The van der Waals surface area contributed by atoms with E-state index in [9.17, 15) is 18.3 Å². The zero-order valence-corrected chi connectivity index (χ0v) is 10.3. The first kappa shape index (κ1) is 12.8. The summed E-state index contributed by atoms with van der Waals surface area (Å²) in [6.07, 6.45) is -4.66. The van der Waals surface area contributed by atoms with Crippen molar-refractivity contribution < 1.29 is 18.3 Å². The van der Waals surface area contributed by atoms with Gasteiger partial charge in [0.15, 0.2) is 5.60 Å². The van der Waals surface area contributed by atoms with E-state index in [-0.39, 0.29) is 5.56 Å². The molecule has 1 rings (SSSR count). The molecule has 0 aliphatic rings. The SMILES string of the molecule is Cc1cc(I)cc(C(C)(O)C(F)(F)F)c1. The van der Waals surface area contributed by atoms with Crippen molar-refractivity contribution in [2.45, 2.75) is 25.6 Å². The number of aryl methyl sites for hydroxylation is 1. The molecule has 0 saturated heterocycles. The van der Waals surface area contributed by atoms with Crippen LogP contribution >= 0.6 is 22.6 Å². The lowest BCUT2D eigenvalue weighted by molar-refractivity contribution is -0.258. The summed E-state index contributed by atoms with van der Waals surface area (Å²) < 4.78 is 38.3. The van der Waals surface area contributed by atoms with Crippen LogP contribution in [0.4, 0.5) is 13.2 Å². The van der Waals surface area contributed by atoms with Gasteiger partial charge in [0, 0.05) is 3.57 Å². The van der Waals surface area contributed by atoms with Crippen molar-refractivity contribution in [3.05, 3.63) is 32.9 Å². The molecular formula is C10H10F3IO. The van der Waals surface area contributed by atoms with E-state index >= 15 is 0 Å². The minimum absolute atomic E-state index is 0.126. The van der Waals surface area contributed by atoms with Gasteiger partial charge in [-0.15, -0.1) is 0 Å². The lowest BCUT2D eigenvalue weighted by Crippen LogP contribution is -2.39. The lowest BCUT2D eigenvalue weighted by Gasteiger charge is -2.27. The Morgan fingerprint density at radius 1 is 1.20 bits per heavy atom. The Labute approximate surface area is 99.4 Å². The Balaban J connectivity index is 3.27. The van der Waals surface area contributed by atoms with Gasteiger partial charge in [-0.2, -0.15) is 13.2 Å². The van der Waals surface area contributed by atoms with Gasteiger partial charge in [0.2, 0.25) is 0 Å². The molecule has 84 valence electrons. The summed E-state index contributed by atoms with van der Waals surface area (Å²) in [6.45, 7) is 2.45. The molecule has 1 N–H and O–H groups in total.